The summed E-state index contributed by atoms with van der Waals surface area (Å²) in [6.07, 6.45) is 3.47. The van der Waals surface area contributed by atoms with Crippen LogP contribution in [0.1, 0.15) is 38.7 Å². The second kappa shape index (κ2) is 17.1. The number of carbonyl (C=O) groups excluding carboxylic acids is 1. The molecule has 0 unspecified atom stereocenters. The van der Waals surface area contributed by atoms with Crippen molar-refractivity contribution < 1.29 is 29.3 Å². The van der Waals surface area contributed by atoms with Gasteiger partial charge in [0.25, 0.3) is 11.9 Å². The van der Waals surface area contributed by atoms with Gasteiger partial charge in [-0.3, -0.25) is 14.4 Å². The fourth-order valence-electron chi connectivity index (χ4n) is 3.25. The Bertz CT molecular complexity index is 651. The van der Waals surface area contributed by atoms with Crippen LogP contribution in [0.5, 0.6) is 0 Å². The summed E-state index contributed by atoms with van der Waals surface area (Å²) in [5.41, 5.74) is 7.35. The highest BCUT2D eigenvalue weighted by molar-refractivity contribution is 5.78. The number of rotatable bonds is 8. The Balaban J connectivity index is 0.00000104. The third-order valence-electron chi connectivity index (χ3n) is 4.93. The van der Waals surface area contributed by atoms with Crippen molar-refractivity contribution in [1.29, 1.82) is 0 Å². The van der Waals surface area contributed by atoms with Crippen LogP contribution in [0, 0.1) is 5.92 Å². The maximum absolute atomic E-state index is 12.3. The van der Waals surface area contributed by atoms with Gasteiger partial charge in [-0.2, -0.15) is 0 Å². The molecule has 1 aliphatic rings. The van der Waals surface area contributed by atoms with E-state index in [1.54, 1.807) is 7.11 Å². The van der Waals surface area contributed by atoms with Crippen molar-refractivity contribution in [2.24, 2.45) is 11.7 Å². The van der Waals surface area contributed by atoms with Crippen molar-refractivity contribution in [2.45, 2.75) is 51.7 Å². The molecular weight excluding hydrogens is 414 g/mol. The predicted molar refractivity (Wildman–Crippen MR) is 123 cm³/mol. The first kappa shape index (κ1) is 29.5. The van der Waals surface area contributed by atoms with E-state index in [-0.39, 0.29) is 24.0 Å². The average molecular weight is 454 g/mol. The number of carboxylic acid groups (broad SMARTS) is 2. The lowest BCUT2D eigenvalue weighted by Gasteiger charge is -2.32. The van der Waals surface area contributed by atoms with Gasteiger partial charge in [-0.05, 0) is 38.3 Å². The fourth-order valence-corrected chi connectivity index (χ4v) is 3.25. The lowest BCUT2D eigenvalue weighted by atomic mass is 9.83. The molecule has 3 atom stereocenters. The zero-order valence-corrected chi connectivity index (χ0v) is 19.6. The Labute approximate surface area is 190 Å². The summed E-state index contributed by atoms with van der Waals surface area (Å²) >= 11 is 0. The molecule has 1 fully saturated rings. The van der Waals surface area contributed by atoms with Crippen LogP contribution in [-0.4, -0.2) is 78.9 Å². The number of ether oxygens (including phenoxy) is 1. The Kier molecular flexibility index (Phi) is 15.8. The lowest BCUT2D eigenvalue weighted by molar-refractivity contribution is -0.135. The molecule has 9 nitrogen and oxygen atoms in total. The van der Waals surface area contributed by atoms with Crippen molar-refractivity contribution >= 4 is 17.8 Å². The van der Waals surface area contributed by atoms with Crippen LogP contribution in [0.4, 0.5) is 0 Å². The third kappa shape index (κ3) is 15.3. The molecule has 1 aromatic carbocycles. The van der Waals surface area contributed by atoms with E-state index in [9.17, 15) is 4.79 Å². The number of carboxylic acids is 2. The zero-order valence-electron chi connectivity index (χ0n) is 19.6. The molecule has 2 rings (SSSR count). The van der Waals surface area contributed by atoms with E-state index in [0.29, 0.717) is 6.54 Å². The lowest BCUT2D eigenvalue weighted by Crippen LogP contribution is -2.46. The van der Waals surface area contributed by atoms with Crippen LogP contribution < -0.4 is 11.1 Å². The number of methoxy groups -OCH3 is 1. The molecule has 0 bridgehead atoms. The molecular formula is C23H39N3O6. The van der Waals surface area contributed by atoms with Crippen molar-refractivity contribution in [3.05, 3.63) is 35.9 Å². The number of nitrogens with two attached hydrogens (primary N) is 1. The Morgan fingerprint density at radius 2 is 1.66 bits per heavy atom. The van der Waals surface area contributed by atoms with Crippen LogP contribution in [0.15, 0.2) is 30.3 Å². The van der Waals surface area contributed by atoms with Crippen molar-refractivity contribution in [2.75, 3.05) is 33.8 Å². The van der Waals surface area contributed by atoms with Gasteiger partial charge in [0.1, 0.15) is 0 Å². The summed E-state index contributed by atoms with van der Waals surface area (Å²) < 4.78 is 5.39. The van der Waals surface area contributed by atoms with Crippen LogP contribution in [-0.2, 0) is 25.5 Å². The second-order valence-corrected chi connectivity index (χ2v) is 7.82. The van der Waals surface area contributed by atoms with Crippen LogP contribution >= 0.6 is 0 Å². The molecule has 0 aromatic heterocycles. The standard InChI is InChI=1S/C19H31N3O2.2C2H4O2/c1-22(12-10-15-6-4-3-5-7-15)13-11-21-19(23)16-8-9-17(20)18(14-16)24-2;2*1-2(3)4/h3-7,16-18H,8-14,20H2,1-2H3,(H,21,23);2*1H3,(H,3,4)/t16-,17+,18+;;/m0../s1. The molecule has 182 valence electrons. The van der Waals surface area contributed by atoms with E-state index in [4.69, 9.17) is 30.3 Å². The van der Waals surface area contributed by atoms with Gasteiger partial charge >= 0.3 is 0 Å². The van der Waals surface area contributed by atoms with Crippen LogP contribution in [0.2, 0.25) is 0 Å². The summed E-state index contributed by atoms with van der Waals surface area (Å²) in [7, 11) is 3.77. The largest absolute Gasteiger partial charge is 0.481 e. The minimum Gasteiger partial charge on any atom is -0.481 e. The monoisotopic (exact) mass is 453 g/mol. The zero-order chi connectivity index (χ0) is 24.5. The van der Waals surface area contributed by atoms with Gasteiger partial charge < -0.3 is 30.9 Å². The summed E-state index contributed by atoms with van der Waals surface area (Å²) in [6.45, 7) is 4.70. The van der Waals surface area contributed by atoms with E-state index in [1.165, 1.54) is 5.56 Å². The Morgan fingerprint density at radius 3 is 2.19 bits per heavy atom. The van der Waals surface area contributed by atoms with E-state index in [2.05, 4.69) is 41.5 Å². The molecule has 9 heteroatoms. The minimum atomic E-state index is -0.833. The molecule has 0 aliphatic heterocycles. The van der Waals surface area contributed by atoms with Gasteiger partial charge in [0.2, 0.25) is 5.91 Å². The highest BCUT2D eigenvalue weighted by Crippen LogP contribution is 2.25. The maximum Gasteiger partial charge on any atom is 0.300 e. The molecule has 5 N–H and O–H groups in total. The molecule has 1 aromatic rings. The van der Waals surface area contributed by atoms with Gasteiger partial charge in [-0.25, -0.2) is 0 Å². The highest BCUT2D eigenvalue weighted by atomic mass is 16.5. The van der Waals surface area contributed by atoms with Crippen molar-refractivity contribution in [1.82, 2.24) is 10.2 Å². The van der Waals surface area contributed by atoms with Crippen molar-refractivity contribution in [3.63, 3.8) is 0 Å². The molecule has 32 heavy (non-hydrogen) atoms. The van der Waals surface area contributed by atoms with E-state index in [1.807, 2.05) is 6.07 Å². The number of amides is 1. The number of carbonyl (C=O) groups is 3. The van der Waals surface area contributed by atoms with E-state index < -0.39 is 11.9 Å². The average Bonchev–Trinajstić information content (AvgIpc) is 2.72. The number of aliphatic carboxylic acids is 2. The van der Waals surface area contributed by atoms with Gasteiger partial charge in [-0.1, -0.05) is 30.3 Å². The quantitative estimate of drug-likeness (QED) is 0.465. The van der Waals surface area contributed by atoms with E-state index >= 15 is 0 Å². The van der Waals surface area contributed by atoms with Crippen LogP contribution in [0.25, 0.3) is 0 Å². The smallest absolute Gasteiger partial charge is 0.300 e. The molecule has 1 aliphatic carbocycles. The molecule has 0 heterocycles. The first-order chi connectivity index (χ1) is 15.1. The number of benzene rings is 1. The number of likely N-dealkylation sites (N-methyl/N-ethyl adjacent to an activating group) is 1. The first-order valence-electron chi connectivity index (χ1n) is 10.7. The number of nitrogens with one attached hydrogen (secondary N) is 1. The summed E-state index contributed by atoms with van der Waals surface area (Å²) in [4.78, 5) is 32.6. The second-order valence-electron chi connectivity index (χ2n) is 7.82. The van der Waals surface area contributed by atoms with Gasteiger partial charge in [0.15, 0.2) is 0 Å². The summed E-state index contributed by atoms with van der Waals surface area (Å²) in [5, 5.41) is 17.9. The SMILES string of the molecule is CC(=O)O.CC(=O)O.CO[C@@H]1C[C@@H](C(=O)NCCN(C)CCc2ccccc2)CC[C@H]1N. The molecule has 0 spiro atoms. The highest BCUT2D eigenvalue weighted by Gasteiger charge is 2.31. The van der Waals surface area contributed by atoms with Gasteiger partial charge in [0.05, 0.1) is 6.10 Å². The fraction of sp³-hybridized carbons (Fsp3) is 0.609. The van der Waals surface area contributed by atoms with Gasteiger partial charge in [-0.15, -0.1) is 0 Å². The molecule has 0 radical (unpaired) electrons. The number of hydrogen-bond acceptors (Lipinski definition) is 6. The summed E-state index contributed by atoms with van der Waals surface area (Å²) in [6, 6.07) is 10.5. The Hall–Kier alpha value is -2.49. The maximum atomic E-state index is 12.3. The number of nitrogens with zero attached hydrogens (tertiary/aromatic N) is 1. The van der Waals surface area contributed by atoms with Gasteiger partial charge in [0, 0.05) is 52.6 Å². The molecule has 1 amide bonds. The number of hydrogen-bond donors (Lipinski definition) is 4. The molecule has 0 saturated heterocycles. The first-order valence-corrected chi connectivity index (χ1v) is 10.7. The minimum absolute atomic E-state index is 0.00282. The molecule has 1 saturated carbocycles. The van der Waals surface area contributed by atoms with Crippen molar-refractivity contribution in [3.8, 4) is 0 Å². The topological polar surface area (TPSA) is 142 Å². The predicted octanol–water partition coefficient (Wildman–Crippen LogP) is 1.60. The summed E-state index contributed by atoms with van der Waals surface area (Å²) in [5.74, 6) is -1.50. The normalized spacial score (nSPS) is 19.6. The van der Waals surface area contributed by atoms with Crippen LogP contribution in [0.3, 0.4) is 0 Å². The Morgan fingerprint density at radius 1 is 1.09 bits per heavy atom. The van der Waals surface area contributed by atoms with E-state index in [0.717, 1.165) is 52.6 Å². The third-order valence-corrected chi connectivity index (χ3v) is 4.93.